The summed E-state index contributed by atoms with van der Waals surface area (Å²) in [6.45, 7) is 2.75. The Hall–Kier alpha value is -3.34. The van der Waals surface area contributed by atoms with E-state index in [1.807, 2.05) is 4.90 Å². The number of rotatable bonds is 5. The smallest absolute Gasteiger partial charge is 0.268 e. The first-order valence-corrected chi connectivity index (χ1v) is 11.4. The van der Waals surface area contributed by atoms with Gasteiger partial charge in [-0.2, -0.15) is 4.39 Å². The number of piperazine rings is 1. The zero-order valence-electron chi connectivity index (χ0n) is 19.3. The van der Waals surface area contributed by atoms with Crippen molar-refractivity contribution in [3.63, 3.8) is 0 Å². The van der Waals surface area contributed by atoms with Gasteiger partial charge >= 0.3 is 0 Å². The van der Waals surface area contributed by atoms with Gasteiger partial charge in [0.2, 0.25) is 5.95 Å². The molecule has 3 aromatic rings. The second kappa shape index (κ2) is 9.27. The number of anilines is 1. The van der Waals surface area contributed by atoms with Crippen LogP contribution >= 0.6 is 0 Å². The molecule has 0 aliphatic carbocycles. The second-order valence-electron chi connectivity index (χ2n) is 8.98. The molecule has 8 nitrogen and oxygen atoms in total. The van der Waals surface area contributed by atoms with Crippen molar-refractivity contribution >= 4 is 46.0 Å². The number of aromatic amines is 1. The molecule has 2 N–H and O–H groups in total. The Morgan fingerprint density at radius 3 is 2.58 bits per heavy atom. The molecule has 1 saturated heterocycles. The molecule has 2 aromatic heterocycles. The Morgan fingerprint density at radius 2 is 1.89 bits per heavy atom. The predicted molar refractivity (Wildman–Crippen MR) is 133 cm³/mol. The van der Waals surface area contributed by atoms with Gasteiger partial charge in [0.15, 0.2) is 5.82 Å². The van der Waals surface area contributed by atoms with E-state index in [4.69, 9.17) is 28.3 Å². The Labute approximate surface area is 209 Å². The van der Waals surface area contributed by atoms with E-state index in [-0.39, 0.29) is 22.5 Å². The van der Waals surface area contributed by atoms with Crippen LogP contribution in [0.25, 0.3) is 10.9 Å². The minimum atomic E-state index is -1.95. The summed E-state index contributed by atoms with van der Waals surface area (Å²) in [6, 6.07) is 6.29. The van der Waals surface area contributed by atoms with Crippen LogP contribution in [0.15, 0.2) is 29.1 Å². The topological polar surface area (TPSA) is 90.6 Å². The highest BCUT2D eigenvalue weighted by molar-refractivity contribution is 6.60. The number of benzene rings is 1. The summed E-state index contributed by atoms with van der Waals surface area (Å²) in [5.74, 6) is -1.63. The van der Waals surface area contributed by atoms with Crippen LogP contribution in [0.2, 0.25) is 0 Å². The highest BCUT2D eigenvalue weighted by Crippen LogP contribution is 2.33. The van der Waals surface area contributed by atoms with Gasteiger partial charge in [0.1, 0.15) is 11.4 Å². The number of halogens is 2. The van der Waals surface area contributed by atoms with E-state index < -0.39 is 22.9 Å². The number of hydrogen-bond donors (Lipinski definition) is 2. The van der Waals surface area contributed by atoms with Crippen LogP contribution in [0.4, 0.5) is 14.5 Å². The largest absolute Gasteiger partial charge is 0.492 e. The van der Waals surface area contributed by atoms with Gasteiger partial charge in [0.05, 0.1) is 46.9 Å². The molecule has 6 radical (unpaired) electrons. The van der Waals surface area contributed by atoms with Crippen LogP contribution in [0.5, 0.6) is 5.75 Å². The lowest BCUT2D eigenvalue weighted by Gasteiger charge is -2.36. The lowest BCUT2D eigenvalue weighted by molar-refractivity contribution is 0.0946. The summed E-state index contributed by atoms with van der Waals surface area (Å²) >= 11 is 0. The van der Waals surface area contributed by atoms with Gasteiger partial charge in [-0.1, -0.05) is 11.3 Å². The van der Waals surface area contributed by atoms with Gasteiger partial charge in [0, 0.05) is 50.1 Å². The number of H-pyrrole nitrogens is 1. The van der Waals surface area contributed by atoms with Crippen molar-refractivity contribution in [1.82, 2.24) is 20.2 Å². The number of nitrogens with one attached hydrogen (secondary N) is 2. The van der Waals surface area contributed by atoms with Crippen molar-refractivity contribution in [3.05, 3.63) is 63.2 Å². The van der Waals surface area contributed by atoms with Crippen molar-refractivity contribution in [2.45, 2.75) is 18.2 Å². The van der Waals surface area contributed by atoms with Gasteiger partial charge in [-0.05, 0) is 18.2 Å². The molecule has 2 aliphatic rings. The minimum absolute atomic E-state index is 0.144. The molecule has 0 saturated carbocycles. The zero-order valence-corrected chi connectivity index (χ0v) is 19.3. The Bertz CT molecular complexity index is 1400. The molecule has 36 heavy (non-hydrogen) atoms. The van der Waals surface area contributed by atoms with Crippen molar-refractivity contribution in [3.8, 4) is 5.75 Å². The van der Waals surface area contributed by atoms with Gasteiger partial charge in [-0.15, -0.1) is 0 Å². The molecule has 5 rings (SSSR count). The van der Waals surface area contributed by atoms with Crippen LogP contribution in [0.1, 0.15) is 21.6 Å². The van der Waals surface area contributed by atoms with Crippen molar-refractivity contribution in [2.75, 3.05) is 37.7 Å². The number of fused-ring (bicyclic) bond motifs is 3. The first kappa shape index (κ1) is 24.4. The van der Waals surface area contributed by atoms with E-state index in [1.165, 1.54) is 12.1 Å². The first-order valence-electron chi connectivity index (χ1n) is 11.4. The van der Waals surface area contributed by atoms with Gasteiger partial charge < -0.3 is 19.9 Å². The van der Waals surface area contributed by atoms with E-state index in [1.54, 1.807) is 17.0 Å². The molecule has 1 aromatic carbocycles. The lowest BCUT2D eigenvalue weighted by atomic mass is 9.49. The summed E-state index contributed by atoms with van der Waals surface area (Å²) < 4.78 is 35.5. The third kappa shape index (κ3) is 4.71. The van der Waals surface area contributed by atoms with Crippen LogP contribution in [-0.4, -0.2) is 82.3 Å². The van der Waals surface area contributed by atoms with E-state index in [9.17, 15) is 14.0 Å². The molecular formula is C23H20B3F2N5O3. The average molecular weight is 485 g/mol. The van der Waals surface area contributed by atoms with Crippen LogP contribution < -0.4 is 20.5 Å². The standard InChI is InChI=1S/C23H20B3F2N5O3/c24-23(25,26)31-22(35)15-3-4-16(20(28)29-15)33-8-6-32(7-9-33)11-12-1-2-13-18(17(12)27)30-21(34)14-5-10-36-19(13)14/h1-4H,5-11H2,(H,30,34)(H,31,35). The fraction of sp³-hybridized carbons (Fsp3) is 0.348. The quantitative estimate of drug-likeness (QED) is 0.400. The van der Waals surface area contributed by atoms with Gasteiger partial charge in [0.25, 0.3) is 11.5 Å². The first-order chi connectivity index (χ1) is 17.1. The lowest BCUT2D eigenvalue weighted by Crippen LogP contribution is -2.50. The third-order valence-electron chi connectivity index (χ3n) is 6.35. The number of aromatic nitrogens is 2. The minimum Gasteiger partial charge on any atom is -0.492 e. The normalized spacial score (nSPS) is 16.1. The monoisotopic (exact) mass is 485 g/mol. The van der Waals surface area contributed by atoms with Crippen molar-refractivity contribution < 1.29 is 18.3 Å². The number of hydrogen-bond acceptors (Lipinski definition) is 6. The molecule has 2 aliphatic heterocycles. The molecule has 0 bridgehead atoms. The highest BCUT2D eigenvalue weighted by atomic mass is 19.1. The molecule has 4 heterocycles. The molecule has 0 spiro atoms. The van der Waals surface area contributed by atoms with E-state index in [2.05, 4.69) is 15.3 Å². The maximum absolute atomic E-state index is 15.3. The number of pyridine rings is 2. The van der Waals surface area contributed by atoms with Crippen molar-refractivity contribution in [2.24, 2.45) is 0 Å². The Morgan fingerprint density at radius 1 is 1.14 bits per heavy atom. The fourth-order valence-corrected chi connectivity index (χ4v) is 4.59. The molecule has 0 atom stereocenters. The molecule has 1 fully saturated rings. The summed E-state index contributed by atoms with van der Waals surface area (Å²) in [6.07, 6.45) is 0.510. The van der Waals surface area contributed by atoms with E-state index in [0.29, 0.717) is 68.0 Å². The number of ether oxygens (including phenoxy) is 1. The molecular weight excluding hydrogens is 465 g/mol. The second-order valence-corrected chi connectivity index (χ2v) is 8.98. The summed E-state index contributed by atoms with van der Waals surface area (Å²) in [5, 5.41) is 0.721. The van der Waals surface area contributed by atoms with Crippen LogP contribution in [0.3, 0.4) is 0 Å². The molecule has 1 amide bonds. The summed E-state index contributed by atoms with van der Waals surface area (Å²) in [7, 11) is 16.0. The Balaban J connectivity index is 1.26. The van der Waals surface area contributed by atoms with E-state index >= 15 is 4.39 Å². The number of nitrogens with zero attached hydrogens (tertiary/aromatic N) is 3. The fourth-order valence-electron chi connectivity index (χ4n) is 4.59. The maximum Gasteiger partial charge on any atom is 0.268 e. The maximum atomic E-state index is 15.3. The third-order valence-corrected chi connectivity index (χ3v) is 6.35. The highest BCUT2D eigenvalue weighted by Gasteiger charge is 2.25. The van der Waals surface area contributed by atoms with Gasteiger partial charge in [-0.3, -0.25) is 14.5 Å². The zero-order chi connectivity index (χ0) is 25.6. The predicted octanol–water partition coefficient (Wildman–Crippen LogP) is 0.305. The van der Waals surface area contributed by atoms with E-state index in [0.717, 1.165) is 0 Å². The summed E-state index contributed by atoms with van der Waals surface area (Å²) in [4.78, 5) is 34.5. The molecule has 0 unspecified atom stereocenters. The summed E-state index contributed by atoms with van der Waals surface area (Å²) in [5.41, 5.74) is 0.851. The number of amides is 1. The SMILES string of the molecule is [B]C([B])([B])NC(=O)c1ccc(N2CCN(Cc3ccc4c5c(c(=O)[nH]c4c3F)CCO5)CC2)c(F)n1. The van der Waals surface area contributed by atoms with Crippen LogP contribution in [-0.2, 0) is 13.0 Å². The van der Waals surface area contributed by atoms with Crippen LogP contribution in [0, 0.1) is 11.8 Å². The van der Waals surface area contributed by atoms with Gasteiger partial charge in [-0.25, -0.2) is 9.37 Å². The molecule has 178 valence electrons. The average Bonchev–Trinajstić information content (AvgIpc) is 3.32. The molecule has 13 heteroatoms. The van der Waals surface area contributed by atoms with Crippen molar-refractivity contribution in [1.29, 1.82) is 0 Å². The number of carbonyl (C=O) groups is 1. The Kier molecular flexibility index (Phi) is 6.28. The number of carbonyl (C=O) groups excluding carboxylic acids is 1.